The first kappa shape index (κ1) is 8.59. The molecule has 1 atom stereocenters. The predicted molar refractivity (Wildman–Crippen MR) is 51.6 cm³/mol. The Hall–Kier alpha value is -2.00. The van der Waals surface area contributed by atoms with Crippen molar-refractivity contribution in [1.29, 1.82) is 10.5 Å². The number of allylic oxidation sites excluding steroid dienone is 5. The summed E-state index contributed by atoms with van der Waals surface area (Å²) in [4.78, 5) is 0. The summed E-state index contributed by atoms with van der Waals surface area (Å²) < 4.78 is 0. The lowest BCUT2D eigenvalue weighted by Crippen LogP contribution is -2.23. The van der Waals surface area contributed by atoms with E-state index in [9.17, 15) is 0 Å². The Balaban J connectivity index is 2.45. The van der Waals surface area contributed by atoms with Crippen molar-refractivity contribution < 1.29 is 0 Å². The lowest BCUT2D eigenvalue weighted by atomic mass is 9.82. The second-order valence-electron chi connectivity index (χ2n) is 3.36. The normalized spacial score (nSPS) is 24.1. The summed E-state index contributed by atoms with van der Waals surface area (Å²) in [6.07, 6.45) is 6.36. The van der Waals surface area contributed by atoms with Crippen LogP contribution in [-0.4, -0.2) is 6.54 Å². The molecule has 0 bridgehead atoms. The molecule has 0 saturated heterocycles. The zero-order chi connectivity index (χ0) is 9.97. The van der Waals surface area contributed by atoms with Crippen LogP contribution in [0.2, 0.25) is 0 Å². The first-order valence-corrected chi connectivity index (χ1v) is 4.52. The number of nitriles is 2. The van der Waals surface area contributed by atoms with Crippen LogP contribution in [0.25, 0.3) is 0 Å². The molecular weight excluding hydrogens is 174 g/mol. The summed E-state index contributed by atoms with van der Waals surface area (Å²) >= 11 is 0. The topological polar surface area (TPSA) is 59.6 Å². The van der Waals surface area contributed by atoms with Crippen LogP contribution in [0.3, 0.4) is 0 Å². The lowest BCUT2D eigenvalue weighted by Gasteiger charge is -2.25. The van der Waals surface area contributed by atoms with Gasteiger partial charge in [-0.05, 0) is 24.1 Å². The second-order valence-corrected chi connectivity index (χ2v) is 3.36. The van der Waals surface area contributed by atoms with Gasteiger partial charge in [0.1, 0.15) is 0 Å². The maximum absolute atomic E-state index is 8.94. The SMILES string of the molecule is N#CC1=CC2=CNCCC2C(C#N)=C1. The summed E-state index contributed by atoms with van der Waals surface area (Å²) in [5, 5.41) is 20.8. The number of hydrogen-bond acceptors (Lipinski definition) is 3. The van der Waals surface area contributed by atoms with E-state index in [0.717, 1.165) is 18.5 Å². The molecule has 68 valence electrons. The zero-order valence-corrected chi connectivity index (χ0v) is 7.62. The maximum atomic E-state index is 8.94. The number of fused-ring (bicyclic) bond motifs is 1. The third-order valence-corrected chi connectivity index (χ3v) is 2.52. The Morgan fingerprint density at radius 2 is 2.14 bits per heavy atom. The Kier molecular flexibility index (Phi) is 2.08. The molecule has 1 unspecified atom stereocenters. The van der Waals surface area contributed by atoms with Crippen molar-refractivity contribution in [1.82, 2.24) is 5.32 Å². The number of nitrogens with one attached hydrogen (secondary N) is 1. The summed E-state index contributed by atoms with van der Waals surface area (Å²) in [6, 6.07) is 4.23. The van der Waals surface area contributed by atoms with E-state index in [-0.39, 0.29) is 5.92 Å². The first-order chi connectivity index (χ1) is 6.85. The Labute approximate surface area is 82.6 Å². The molecular formula is C11H9N3. The quantitative estimate of drug-likeness (QED) is 0.617. The highest BCUT2D eigenvalue weighted by Crippen LogP contribution is 2.31. The highest BCUT2D eigenvalue weighted by molar-refractivity contribution is 5.53. The molecule has 2 aliphatic rings. The van der Waals surface area contributed by atoms with Crippen LogP contribution in [0.4, 0.5) is 0 Å². The van der Waals surface area contributed by atoms with Crippen molar-refractivity contribution in [2.24, 2.45) is 5.92 Å². The molecule has 0 saturated carbocycles. The van der Waals surface area contributed by atoms with Gasteiger partial charge in [-0.2, -0.15) is 10.5 Å². The number of nitrogens with zero attached hydrogens (tertiary/aromatic N) is 2. The van der Waals surface area contributed by atoms with Crippen LogP contribution in [0, 0.1) is 28.6 Å². The van der Waals surface area contributed by atoms with Gasteiger partial charge in [0.15, 0.2) is 0 Å². The smallest absolute Gasteiger partial charge is 0.0992 e. The standard InChI is InChI=1S/C11H9N3/c12-5-8-3-9(6-13)11-1-2-14-7-10(11)4-8/h3-4,7,11,14H,1-2H2. The number of hydrogen-bond donors (Lipinski definition) is 1. The summed E-state index contributed by atoms with van der Waals surface area (Å²) in [5.41, 5.74) is 2.32. The molecule has 0 aromatic carbocycles. The zero-order valence-electron chi connectivity index (χ0n) is 7.62. The molecule has 1 heterocycles. The van der Waals surface area contributed by atoms with Gasteiger partial charge in [-0.15, -0.1) is 0 Å². The van der Waals surface area contributed by atoms with Crippen LogP contribution in [0.1, 0.15) is 6.42 Å². The molecule has 0 spiro atoms. The molecule has 0 fully saturated rings. The average Bonchev–Trinajstić information content (AvgIpc) is 2.27. The lowest BCUT2D eigenvalue weighted by molar-refractivity contribution is 0.595. The van der Waals surface area contributed by atoms with Gasteiger partial charge in [-0.3, -0.25) is 0 Å². The van der Waals surface area contributed by atoms with Gasteiger partial charge in [0.05, 0.1) is 17.7 Å². The van der Waals surface area contributed by atoms with Crippen LogP contribution < -0.4 is 5.32 Å². The van der Waals surface area contributed by atoms with Crippen LogP contribution in [0.5, 0.6) is 0 Å². The summed E-state index contributed by atoms with van der Waals surface area (Å²) in [7, 11) is 0. The van der Waals surface area contributed by atoms with Gasteiger partial charge in [0.2, 0.25) is 0 Å². The van der Waals surface area contributed by atoms with Gasteiger partial charge in [0, 0.05) is 24.2 Å². The Morgan fingerprint density at radius 3 is 2.86 bits per heavy atom. The molecule has 3 nitrogen and oxygen atoms in total. The van der Waals surface area contributed by atoms with E-state index in [0.29, 0.717) is 11.1 Å². The van der Waals surface area contributed by atoms with Crippen molar-refractivity contribution >= 4 is 0 Å². The van der Waals surface area contributed by atoms with Crippen LogP contribution in [0.15, 0.2) is 35.1 Å². The van der Waals surface area contributed by atoms with Crippen molar-refractivity contribution in [3.8, 4) is 12.1 Å². The molecule has 0 aromatic rings. The van der Waals surface area contributed by atoms with Crippen molar-refractivity contribution in [2.75, 3.05) is 6.54 Å². The van der Waals surface area contributed by atoms with E-state index in [2.05, 4.69) is 17.5 Å². The highest BCUT2D eigenvalue weighted by atomic mass is 14.8. The fourth-order valence-electron chi connectivity index (χ4n) is 1.83. The van der Waals surface area contributed by atoms with Gasteiger partial charge in [-0.1, -0.05) is 0 Å². The van der Waals surface area contributed by atoms with E-state index in [1.54, 1.807) is 6.08 Å². The first-order valence-electron chi connectivity index (χ1n) is 4.52. The molecule has 0 aromatic heterocycles. The van der Waals surface area contributed by atoms with Crippen LogP contribution in [-0.2, 0) is 0 Å². The third kappa shape index (κ3) is 1.30. The summed E-state index contributed by atoms with van der Waals surface area (Å²) in [6.45, 7) is 0.892. The minimum absolute atomic E-state index is 0.193. The fraction of sp³-hybridized carbons (Fsp3) is 0.273. The average molecular weight is 183 g/mol. The maximum Gasteiger partial charge on any atom is 0.0992 e. The van der Waals surface area contributed by atoms with E-state index in [1.165, 1.54) is 0 Å². The van der Waals surface area contributed by atoms with Gasteiger partial charge in [0.25, 0.3) is 0 Å². The minimum atomic E-state index is 0.193. The number of rotatable bonds is 0. The van der Waals surface area contributed by atoms with Gasteiger partial charge < -0.3 is 5.32 Å². The molecule has 1 aliphatic carbocycles. The molecule has 3 heteroatoms. The summed E-state index contributed by atoms with van der Waals surface area (Å²) in [5.74, 6) is 0.193. The second kappa shape index (κ2) is 3.40. The fourth-order valence-corrected chi connectivity index (χ4v) is 1.83. The van der Waals surface area contributed by atoms with E-state index in [4.69, 9.17) is 10.5 Å². The molecule has 0 amide bonds. The molecule has 1 N–H and O–H groups in total. The van der Waals surface area contributed by atoms with Gasteiger partial charge in [-0.25, -0.2) is 0 Å². The molecule has 14 heavy (non-hydrogen) atoms. The van der Waals surface area contributed by atoms with Crippen LogP contribution >= 0.6 is 0 Å². The highest BCUT2D eigenvalue weighted by Gasteiger charge is 2.24. The van der Waals surface area contributed by atoms with Crippen molar-refractivity contribution in [2.45, 2.75) is 6.42 Å². The minimum Gasteiger partial charge on any atom is -0.391 e. The van der Waals surface area contributed by atoms with E-state index in [1.807, 2.05) is 12.3 Å². The monoisotopic (exact) mass is 183 g/mol. The predicted octanol–water partition coefficient (Wildman–Crippen LogP) is 1.39. The van der Waals surface area contributed by atoms with Crippen molar-refractivity contribution in [3.05, 3.63) is 35.1 Å². The Bertz CT molecular complexity index is 426. The largest absolute Gasteiger partial charge is 0.391 e. The molecule has 0 radical (unpaired) electrons. The third-order valence-electron chi connectivity index (χ3n) is 2.52. The molecule has 2 rings (SSSR count). The van der Waals surface area contributed by atoms with E-state index >= 15 is 0 Å². The van der Waals surface area contributed by atoms with Crippen molar-refractivity contribution in [3.63, 3.8) is 0 Å². The molecule has 1 aliphatic heterocycles. The van der Waals surface area contributed by atoms with Gasteiger partial charge >= 0.3 is 0 Å². The Morgan fingerprint density at radius 1 is 1.29 bits per heavy atom. The van der Waals surface area contributed by atoms with E-state index < -0.39 is 0 Å².